The monoisotopic (exact) mass is 430 g/mol. The zero-order valence-electron chi connectivity index (χ0n) is 17.2. The third-order valence-electron chi connectivity index (χ3n) is 4.99. The lowest BCUT2D eigenvalue weighted by Gasteiger charge is -2.13. The predicted molar refractivity (Wildman–Crippen MR) is 128 cm³/mol. The summed E-state index contributed by atoms with van der Waals surface area (Å²) in [7, 11) is 0. The molecule has 0 aliphatic heterocycles. The number of carbonyl (C=O) groups is 1. The first-order chi connectivity index (χ1) is 15.1. The van der Waals surface area contributed by atoms with Crippen LogP contribution in [-0.4, -0.2) is 23.4 Å². The maximum absolute atomic E-state index is 12.8. The molecule has 0 spiro atoms. The minimum atomic E-state index is -0.309. The average Bonchev–Trinajstić information content (AvgIpc) is 3.19. The number of aryl methyl sites for hydroxylation is 1. The molecule has 6 heteroatoms. The number of nitrogens with zero attached hydrogens (tertiary/aromatic N) is 1. The van der Waals surface area contributed by atoms with Gasteiger partial charge in [0.05, 0.1) is 10.6 Å². The molecular weight excluding hydrogens is 408 g/mol. The van der Waals surface area contributed by atoms with Crippen molar-refractivity contribution in [2.45, 2.75) is 13.3 Å². The standard InChI is InChI=1S/C25H23ClN4O/c1-17-10-12-19(13-11-17)29-25(30-24(31)21-7-2-4-8-22(21)26)27-15-14-18-16-28-23-9-5-3-6-20(18)23/h2-13,16,28H,14-15H2,1H3,(H2,27,29,30,31). The van der Waals surface area contributed by atoms with Gasteiger partial charge in [0, 0.05) is 29.3 Å². The van der Waals surface area contributed by atoms with Gasteiger partial charge >= 0.3 is 0 Å². The lowest BCUT2D eigenvalue weighted by atomic mass is 10.1. The van der Waals surface area contributed by atoms with Crippen LogP contribution in [0.5, 0.6) is 0 Å². The molecule has 0 saturated heterocycles. The summed E-state index contributed by atoms with van der Waals surface area (Å²) in [6, 6.07) is 23.0. The molecule has 1 heterocycles. The Kier molecular flexibility index (Phi) is 6.34. The van der Waals surface area contributed by atoms with E-state index in [1.807, 2.05) is 49.5 Å². The zero-order chi connectivity index (χ0) is 21.6. The van der Waals surface area contributed by atoms with E-state index in [-0.39, 0.29) is 5.91 Å². The molecule has 0 fully saturated rings. The van der Waals surface area contributed by atoms with Crippen LogP contribution in [0.2, 0.25) is 5.02 Å². The highest BCUT2D eigenvalue weighted by Gasteiger charge is 2.12. The van der Waals surface area contributed by atoms with E-state index in [1.54, 1.807) is 24.3 Å². The number of hydrogen-bond acceptors (Lipinski definition) is 2. The lowest BCUT2D eigenvalue weighted by molar-refractivity contribution is 0.0977. The number of aromatic amines is 1. The summed E-state index contributed by atoms with van der Waals surface area (Å²) in [4.78, 5) is 20.7. The Hall–Kier alpha value is -3.57. The van der Waals surface area contributed by atoms with Crippen molar-refractivity contribution in [3.8, 4) is 0 Å². The molecule has 4 aromatic rings. The number of aromatic nitrogens is 1. The number of guanidine groups is 1. The lowest BCUT2D eigenvalue weighted by Crippen LogP contribution is -2.36. The molecule has 1 amide bonds. The largest absolute Gasteiger partial charge is 0.361 e. The number of nitrogens with one attached hydrogen (secondary N) is 3. The fourth-order valence-electron chi connectivity index (χ4n) is 3.33. The summed E-state index contributed by atoms with van der Waals surface area (Å²) >= 11 is 6.18. The van der Waals surface area contributed by atoms with E-state index >= 15 is 0 Å². The first-order valence-electron chi connectivity index (χ1n) is 10.1. The quantitative estimate of drug-likeness (QED) is 0.286. The van der Waals surface area contributed by atoms with Crippen molar-refractivity contribution in [1.82, 2.24) is 10.3 Å². The molecular formula is C25H23ClN4O. The second-order valence-electron chi connectivity index (χ2n) is 7.26. The minimum Gasteiger partial charge on any atom is -0.361 e. The van der Waals surface area contributed by atoms with Gasteiger partial charge < -0.3 is 10.3 Å². The van der Waals surface area contributed by atoms with Crippen LogP contribution in [0.4, 0.5) is 5.69 Å². The molecule has 0 bridgehead atoms. The smallest absolute Gasteiger partial charge is 0.259 e. The summed E-state index contributed by atoms with van der Waals surface area (Å²) in [5.74, 6) is 0.0738. The number of halogens is 1. The molecule has 5 nitrogen and oxygen atoms in total. The Morgan fingerprint density at radius 1 is 1.00 bits per heavy atom. The number of fused-ring (bicyclic) bond motifs is 1. The number of anilines is 1. The summed E-state index contributed by atoms with van der Waals surface area (Å²) in [6.07, 6.45) is 2.75. The van der Waals surface area contributed by atoms with Crippen molar-refractivity contribution in [3.63, 3.8) is 0 Å². The van der Waals surface area contributed by atoms with E-state index in [4.69, 9.17) is 11.6 Å². The Morgan fingerprint density at radius 2 is 1.74 bits per heavy atom. The van der Waals surface area contributed by atoms with Crippen LogP contribution < -0.4 is 10.6 Å². The topological polar surface area (TPSA) is 69.3 Å². The number of hydrogen-bond donors (Lipinski definition) is 3. The normalized spacial score (nSPS) is 11.5. The molecule has 0 atom stereocenters. The Morgan fingerprint density at radius 3 is 2.55 bits per heavy atom. The number of rotatable bonds is 5. The maximum Gasteiger partial charge on any atom is 0.259 e. The summed E-state index contributed by atoms with van der Waals surface area (Å²) in [6.45, 7) is 2.54. The van der Waals surface area contributed by atoms with Crippen LogP contribution in [0.1, 0.15) is 21.5 Å². The fourth-order valence-corrected chi connectivity index (χ4v) is 3.55. The van der Waals surface area contributed by atoms with Crippen LogP contribution >= 0.6 is 11.6 Å². The maximum atomic E-state index is 12.8. The van der Waals surface area contributed by atoms with Crippen LogP contribution in [0.15, 0.2) is 84.0 Å². The highest BCUT2D eigenvalue weighted by atomic mass is 35.5. The average molecular weight is 431 g/mol. The van der Waals surface area contributed by atoms with Crippen molar-refractivity contribution in [2.75, 3.05) is 11.9 Å². The third-order valence-corrected chi connectivity index (χ3v) is 5.32. The molecule has 3 N–H and O–H groups in total. The van der Waals surface area contributed by atoms with Gasteiger partial charge in [0.25, 0.3) is 5.91 Å². The van der Waals surface area contributed by atoms with Gasteiger partial charge in [-0.3, -0.25) is 15.1 Å². The molecule has 0 aliphatic rings. The van der Waals surface area contributed by atoms with Crippen LogP contribution in [0.3, 0.4) is 0 Å². The van der Waals surface area contributed by atoms with E-state index in [9.17, 15) is 4.79 Å². The second-order valence-corrected chi connectivity index (χ2v) is 7.67. The van der Waals surface area contributed by atoms with Crippen LogP contribution in [0, 0.1) is 6.92 Å². The number of aliphatic imine (C=N–C) groups is 1. The molecule has 0 radical (unpaired) electrons. The number of para-hydroxylation sites is 1. The van der Waals surface area contributed by atoms with E-state index < -0.39 is 0 Å². The predicted octanol–water partition coefficient (Wildman–Crippen LogP) is 5.57. The summed E-state index contributed by atoms with van der Waals surface area (Å²) in [5.41, 5.74) is 4.69. The summed E-state index contributed by atoms with van der Waals surface area (Å²) < 4.78 is 0. The second kappa shape index (κ2) is 9.49. The number of carbonyl (C=O) groups excluding carboxylic acids is 1. The highest BCUT2D eigenvalue weighted by Crippen LogP contribution is 2.18. The zero-order valence-corrected chi connectivity index (χ0v) is 17.9. The molecule has 0 aliphatic carbocycles. The Balaban J connectivity index is 1.52. The molecule has 4 rings (SSSR count). The molecule has 1 aromatic heterocycles. The van der Waals surface area contributed by atoms with E-state index in [0.29, 0.717) is 23.1 Å². The van der Waals surface area contributed by atoms with Crippen LogP contribution in [-0.2, 0) is 6.42 Å². The van der Waals surface area contributed by atoms with E-state index in [1.165, 1.54) is 10.9 Å². The van der Waals surface area contributed by atoms with Gasteiger partial charge in [-0.15, -0.1) is 0 Å². The van der Waals surface area contributed by atoms with Crippen molar-refractivity contribution in [1.29, 1.82) is 0 Å². The van der Waals surface area contributed by atoms with Crippen molar-refractivity contribution in [2.24, 2.45) is 4.99 Å². The van der Waals surface area contributed by atoms with Gasteiger partial charge in [-0.1, -0.05) is 59.6 Å². The summed E-state index contributed by atoms with van der Waals surface area (Å²) in [5, 5.41) is 7.66. The van der Waals surface area contributed by atoms with Crippen molar-refractivity contribution in [3.05, 3.63) is 101 Å². The van der Waals surface area contributed by atoms with Gasteiger partial charge in [0.15, 0.2) is 0 Å². The first kappa shape index (κ1) is 20.7. The SMILES string of the molecule is Cc1ccc(NC(=NCCc2c[nH]c3ccccc23)NC(=O)c2ccccc2Cl)cc1. The molecule has 0 unspecified atom stereocenters. The molecule has 3 aromatic carbocycles. The van der Waals surface area contributed by atoms with E-state index in [2.05, 4.69) is 32.7 Å². The van der Waals surface area contributed by atoms with Crippen LogP contribution in [0.25, 0.3) is 10.9 Å². The van der Waals surface area contributed by atoms with E-state index in [0.717, 1.165) is 23.2 Å². The minimum absolute atomic E-state index is 0.309. The van der Waals surface area contributed by atoms with Gasteiger partial charge in [0.2, 0.25) is 5.96 Å². The highest BCUT2D eigenvalue weighted by molar-refractivity contribution is 6.34. The van der Waals surface area contributed by atoms with Gasteiger partial charge in [-0.2, -0.15) is 0 Å². The molecule has 156 valence electrons. The van der Waals surface area contributed by atoms with Crippen molar-refractivity contribution >= 4 is 40.1 Å². The molecule has 0 saturated carbocycles. The number of H-pyrrole nitrogens is 1. The number of amides is 1. The van der Waals surface area contributed by atoms with Crippen molar-refractivity contribution < 1.29 is 4.79 Å². The Bertz CT molecular complexity index is 1230. The Labute approximate surface area is 186 Å². The van der Waals surface area contributed by atoms with Gasteiger partial charge in [-0.25, -0.2) is 0 Å². The third kappa shape index (κ3) is 5.13. The van der Waals surface area contributed by atoms with Gasteiger partial charge in [0.1, 0.15) is 0 Å². The number of benzene rings is 3. The molecule has 31 heavy (non-hydrogen) atoms. The van der Waals surface area contributed by atoms with Gasteiger partial charge in [-0.05, 0) is 49.2 Å². The first-order valence-corrected chi connectivity index (χ1v) is 10.5. The fraction of sp³-hybridized carbons (Fsp3) is 0.120.